The van der Waals surface area contributed by atoms with E-state index >= 15 is 0 Å². The predicted molar refractivity (Wildman–Crippen MR) is 64.5 cm³/mol. The fourth-order valence-corrected chi connectivity index (χ4v) is 3.01. The lowest BCUT2D eigenvalue weighted by Gasteiger charge is -2.26. The van der Waals surface area contributed by atoms with Crippen molar-refractivity contribution in [3.05, 3.63) is 0 Å². The zero-order valence-electron chi connectivity index (χ0n) is 10.2. The molecule has 3 heteroatoms. The van der Waals surface area contributed by atoms with E-state index in [9.17, 15) is 0 Å². The van der Waals surface area contributed by atoms with Crippen molar-refractivity contribution in [3.63, 3.8) is 0 Å². The van der Waals surface area contributed by atoms with Crippen molar-refractivity contribution in [2.75, 3.05) is 32.8 Å². The lowest BCUT2D eigenvalue weighted by Crippen LogP contribution is -2.44. The number of hydrogen-bond acceptors (Lipinski definition) is 3. The molecule has 0 radical (unpaired) electrons. The molecule has 1 aliphatic carbocycles. The first-order valence-corrected chi connectivity index (χ1v) is 6.96. The second-order valence-corrected chi connectivity index (χ2v) is 5.77. The number of ether oxygens (including phenoxy) is 1. The number of likely N-dealkylation sites (tertiary alicyclic amines) is 1. The molecule has 2 unspecified atom stereocenters. The Morgan fingerprint density at radius 1 is 1.12 bits per heavy atom. The Morgan fingerprint density at radius 3 is 2.81 bits per heavy atom. The summed E-state index contributed by atoms with van der Waals surface area (Å²) in [4.78, 5) is 2.65. The van der Waals surface area contributed by atoms with Crippen molar-refractivity contribution in [3.8, 4) is 0 Å². The molecule has 16 heavy (non-hydrogen) atoms. The Kier molecular flexibility index (Phi) is 3.46. The largest absolute Gasteiger partial charge is 0.380 e. The third-order valence-electron chi connectivity index (χ3n) is 4.12. The van der Waals surface area contributed by atoms with Gasteiger partial charge in [0, 0.05) is 31.8 Å². The quantitative estimate of drug-likeness (QED) is 0.777. The second-order valence-electron chi connectivity index (χ2n) is 5.77. The summed E-state index contributed by atoms with van der Waals surface area (Å²) in [5.74, 6) is 1.04. The van der Waals surface area contributed by atoms with Crippen molar-refractivity contribution in [1.29, 1.82) is 0 Å². The first kappa shape index (κ1) is 11.0. The van der Waals surface area contributed by atoms with Crippen molar-refractivity contribution in [2.45, 2.75) is 44.2 Å². The summed E-state index contributed by atoms with van der Waals surface area (Å²) < 4.78 is 5.52. The molecule has 0 aromatic carbocycles. The Hall–Kier alpha value is -0.120. The smallest absolute Gasteiger partial charge is 0.0619 e. The van der Waals surface area contributed by atoms with E-state index in [1.165, 1.54) is 51.7 Å². The molecule has 3 aliphatic rings. The molecule has 0 spiro atoms. The summed E-state index contributed by atoms with van der Waals surface area (Å²) in [7, 11) is 0. The van der Waals surface area contributed by atoms with Crippen LogP contribution in [0, 0.1) is 5.92 Å². The molecule has 1 saturated carbocycles. The fraction of sp³-hybridized carbons (Fsp3) is 1.00. The lowest BCUT2D eigenvalue weighted by molar-refractivity contribution is 0.0666. The van der Waals surface area contributed by atoms with Gasteiger partial charge in [0.05, 0.1) is 6.61 Å². The van der Waals surface area contributed by atoms with E-state index < -0.39 is 0 Å². The van der Waals surface area contributed by atoms with Crippen LogP contribution in [0.4, 0.5) is 0 Å². The van der Waals surface area contributed by atoms with Crippen LogP contribution in [0.3, 0.4) is 0 Å². The minimum Gasteiger partial charge on any atom is -0.380 e. The normalized spacial score (nSPS) is 36.8. The van der Waals surface area contributed by atoms with Crippen LogP contribution in [0.5, 0.6) is 0 Å². The molecule has 92 valence electrons. The van der Waals surface area contributed by atoms with E-state index in [2.05, 4.69) is 10.2 Å². The van der Waals surface area contributed by atoms with Gasteiger partial charge in [0.2, 0.25) is 0 Å². The molecule has 2 aliphatic heterocycles. The van der Waals surface area contributed by atoms with Gasteiger partial charge in [-0.2, -0.15) is 0 Å². The number of nitrogens with one attached hydrogen (secondary N) is 1. The highest BCUT2D eigenvalue weighted by Gasteiger charge is 2.30. The molecule has 0 amide bonds. The zero-order valence-corrected chi connectivity index (χ0v) is 10.2. The standard InChI is InChI=1S/C13H24N2O/c1-2-13(10-16-7-1)14-12-5-6-15(9-12)8-11-3-4-11/h11-14H,1-10H2. The maximum Gasteiger partial charge on any atom is 0.0619 e. The van der Waals surface area contributed by atoms with E-state index in [0.29, 0.717) is 6.04 Å². The van der Waals surface area contributed by atoms with Crippen LogP contribution in [0.2, 0.25) is 0 Å². The van der Waals surface area contributed by atoms with Gasteiger partial charge < -0.3 is 15.0 Å². The van der Waals surface area contributed by atoms with E-state index in [1.807, 2.05) is 0 Å². The summed E-state index contributed by atoms with van der Waals surface area (Å²) in [6, 6.07) is 1.35. The highest BCUT2D eigenvalue weighted by molar-refractivity contribution is 4.87. The molecule has 0 aromatic rings. The molecule has 3 fully saturated rings. The highest BCUT2D eigenvalue weighted by Crippen LogP contribution is 2.30. The van der Waals surface area contributed by atoms with Crippen LogP contribution in [0.1, 0.15) is 32.1 Å². The third kappa shape index (κ3) is 2.96. The van der Waals surface area contributed by atoms with Gasteiger partial charge >= 0.3 is 0 Å². The minimum absolute atomic E-state index is 0.625. The van der Waals surface area contributed by atoms with Gasteiger partial charge in [-0.15, -0.1) is 0 Å². The summed E-state index contributed by atoms with van der Waals surface area (Å²) in [5.41, 5.74) is 0. The Labute approximate surface area is 98.5 Å². The maximum absolute atomic E-state index is 5.52. The van der Waals surface area contributed by atoms with Crippen molar-refractivity contribution < 1.29 is 4.74 Å². The van der Waals surface area contributed by atoms with Crippen LogP contribution in [-0.2, 0) is 4.74 Å². The average Bonchev–Trinajstić information content (AvgIpc) is 3.01. The van der Waals surface area contributed by atoms with E-state index in [1.54, 1.807) is 0 Å². The molecule has 2 saturated heterocycles. The molecular formula is C13H24N2O. The fourth-order valence-electron chi connectivity index (χ4n) is 3.01. The summed E-state index contributed by atoms with van der Waals surface area (Å²) in [5, 5.41) is 3.77. The monoisotopic (exact) mass is 224 g/mol. The van der Waals surface area contributed by atoms with Crippen LogP contribution >= 0.6 is 0 Å². The minimum atomic E-state index is 0.625. The van der Waals surface area contributed by atoms with Crippen molar-refractivity contribution in [1.82, 2.24) is 10.2 Å². The number of nitrogens with zero attached hydrogens (tertiary/aromatic N) is 1. The first-order valence-electron chi connectivity index (χ1n) is 6.96. The van der Waals surface area contributed by atoms with Gasteiger partial charge in [-0.05, 0) is 44.6 Å². The van der Waals surface area contributed by atoms with Crippen molar-refractivity contribution in [2.24, 2.45) is 5.92 Å². The SMILES string of the molecule is C1COCC(NC2CCN(CC3CC3)C2)C1. The summed E-state index contributed by atoms with van der Waals surface area (Å²) in [6.07, 6.45) is 6.83. The van der Waals surface area contributed by atoms with Crippen LogP contribution in [-0.4, -0.2) is 49.8 Å². The van der Waals surface area contributed by atoms with Crippen LogP contribution < -0.4 is 5.32 Å². The topological polar surface area (TPSA) is 24.5 Å². The Bertz CT molecular complexity index is 224. The molecular weight excluding hydrogens is 200 g/mol. The Morgan fingerprint density at radius 2 is 2.06 bits per heavy atom. The number of rotatable bonds is 4. The molecule has 0 bridgehead atoms. The van der Waals surface area contributed by atoms with Gasteiger partial charge in [0.15, 0.2) is 0 Å². The average molecular weight is 224 g/mol. The second kappa shape index (κ2) is 5.03. The molecule has 0 aromatic heterocycles. The molecule has 2 heterocycles. The maximum atomic E-state index is 5.52. The zero-order chi connectivity index (χ0) is 10.8. The van der Waals surface area contributed by atoms with Crippen LogP contribution in [0.15, 0.2) is 0 Å². The van der Waals surface area contributed by atoms with Gasteiger partial charge in [-0.1, -0.05) is 0 Å². The molecule has 3 rings (SSSR count). The Balaban J connectivity index is 1.38. The van der Waals surface area contributed by atoms with Gasteiger partial charge in [0.25, 0.3) is 0 Å². The third-order valence-corrected chi connectivity index (χ3v) is 4.12. The van der Waals surface area contributed by atoms with E-state index in [4.69, 9.17) is 4.74 Å². The van der Waals surface area contributed by atoms with Gasteiger partial charge in [-0.25, -0.2) is 0 Å². The number of hydrogen-bond donors (Lipinski definition) is 1. The van der Waals surface area contributed by atoms with Crippen LogP contribution in [0.25, 0.3) is 0 Å². The predicted octanol–water partition coefficient (Wildman–Crippen LogP) is 1.24. The lowest BCUT2D eigenvalue weighted by atomic mass is 10.1. The first-order chi connectivity index (χ1) is 7.90. The van der Waals surface area contributed by atoms with Gasteiger partial charge in [-0.3, -0.25) is 0 Å². The molecule has 3 nitrogen and oxygen atoms in total. The van der Waals surface area contributed by atoms with Gasteiger partial charge in [0.1, 0.15) is 0 Å². The molecule has 1 N–H and O–H groups in total. The molecule has 2 atom stereocenters. The van der Waals surface area contributed by atoms with Crippen molar-refractivity contribution >= 4 is 0 Å². The van der Waals surface area contributed by atoms with E-state index in [0.717, 1.165) is 25.2 Å². The highest BCUT2D eigenvalue weighted by atomic mass is 16.5. The summed E-state index contributed by atoms with van der Waals surface area (Å²) in [6.45, 7) is 5.84. The van der Waals surface area contributed by atoms with E-state index in [-0.39, 0.29) is 0 Å². The summed E-state index contributed by atoms with van der Waals surface area (Å²) >= 11 is 0.